The van der Waals surface area contributed by atoms with Gasteiger partial charge in [-0.25, -0.2) is 0 Å². The smallest absolute Gasteiger partial charge is 0.183 e. The fraction of sp³-hybridized carbons (Fsp3) is 0.733. The van der Waals surface area contributed by atoms with Gasteiger partial charge in [0.05, 0.1) is 11.0 Å². The summed E-state index contributed by atoms with van der Waals surface area (Å²) in [6.07, 6.45) is 4.15. The molecule has 0 radical (unpaired) electrons. The molecule has 3 unspecified atom stereocenters. The Balaban J connectivity index is 1.73. The van der Waals surface area contributed by atoms with Crippen molar-refractivity contribution in [2.24, 2.45) is 16.7 Å². The lowest BCUT2D eigenvalue weighted by Gasteiger charge is -2.43. The number of fused-ring (bicyclic) bond motifs is 2. The topological polar surface area (TPSA) is 25.2 Å². The van der Waals surface area contributed by atoms with Gasteiger partial charge in [-0.05, 0) is 73.9 Å². The minimum atomic E-state index is 0.397. The maximum atomic E-state index is 5.66. The number of rotatable bonds is 3. The third-order valence-electron chi connectivity index (χ3n) is 5.45. The van der Waals surface area contributed by atoms with E-state index in [0.29, 0.717) is 16.9 Å². The Morgan fingerprint density at radius 2 is 2.11 bits per heavy atom. The lowest BCUT2D eigenvalue weighted by molar-refractivity contribution is 0.106. The molecule has 106 valence electrons. The van der Waals surface area contributed by atoms with Crippen molar-refractivity contribution in [1.29, 1.82) is 0 Å². The van der Waals surface area contributed by atoms with Crippen LogP contribution in [0.4, 0.5) is 0 Å². The van der Waals surface area contributed by atoms with E-state index in [1.807, 2.05) is 6.07 Å². The highest BCUT2D eigenvalue weighted by atomic mass is 79.9. The Morgan fingerprint density at radius 1 is 1.37 bits per heavy atom. The van der Waals surface area contributed by atoms with Gasteiger partial charge in [0, 0.05) is 6.04 Å². The molecule has 2 nitrogen and oxygen atoms in total. The molecule has 0 amide bonds. The molecule has 1 aromatic heterocycles. The van der Waals surface area contributed by atoms with Crippen molar-refractivity contribution in [3.8, 4) is 0 Å². The van der Waals surface area contributed by atoms with E-state index in [1.54, 1.807) is 0 Å². The average molecular weight is 391 g/mol. The minimum Gasteiger partial charge on any atom is -0.452 e. The summed E-state index contributed by atoms with van der Waals surface area (Å²) in [6.45, 7) is 8.11. The van der Waals surface area contributed by atoms with Crippen molar-refractivity contribution in [3.05, 3.63) is 21.0 Å². The predicted octanol–water partition coefficient (Wildman–Crippen LogP) is 5.11. The van der Waals surface area contributed by atoms with Crippen LogP contribution < -0.4 is 5.32 Å². The zero-order chi connectivity index (χ0) is 13.8. The summed E-state index contributed by atoms with van der Waals surface area (Å²) in [5, 5.41) is 3.77. The van der Waals surface area contributed by atoms with E-state index >= 15 is 0 Å². The van der Waals surface area contributed by atoms with Crippen LogP contribution in [0.3, 0.4) is 0 Å². The summed E-state index contributed by atoms with van der Waals surface area (Å²) in [4.78, 5) is 0. The highest BCUT2D eigenvalue weighted by molar-refractivity contribution is 9.13. The second kappa shape index (κ2) is 4.60. The van der Waals surface area contributed by atoms with Crippen LogP contribution in [0.25, 0.3) is 0 Å². The van der Waals surface area contributed by atoms with Crippen molar-refractivity contribution in [3.63, 3.8) is 0 Å². The summed E-state index contributed by atoms with van der Waals surface area (Å²) >= 11 is 6.86. The average Bonchev–Trinajstić information content (AvgIpc) is 2.89. The van der Waals surface area contributed by atoms with Gasteiger partial charge in [-0.2, -0.15) is 0 Å². The maximum Gasteiger partial charge on any atom is 0.183 e. The monoisotopic (exact) mass is 389 g/mol. The molecule has 3 atom stereocenters. The SMILES string of the molecule is CC12CCC(C1)C(C)(C)C2NCc1cc(Br)c(Br)o1. The maximum absolute atomic E-state index is 5.66. The number of hydrogen-bond donors (Lipinski definition) is 1. The molecule has 1 N–H and O–H groups in total. The van der Waals surface area contributed by atoms with Crippen LogP contribution in [-0.4, -0.2) is 6.04 Å². The summed E-state index contributed by atoms with van der Waals surface area (Å²) in [6, 6.07) is 2.63. The van der Waals surface area contributed by atoms with E-state index < -0.39 is 0 Å². The molecule has 0 spiro atoms. The number of hydrogen-bond acceptors (Lipinski definition) is 2. The number of nitrogens with one attached hydrogen (secondary N) is 1. The van der Waals surface area contributed by atoms with Gasteiger partial charge in [-0.15, -0.1) is 0 Å². The van der Waals surface area contributed by atoms with E-state index in [2.05, 4.69) is 57.9 Å². The third-order valence-corrected chi connectivity index (χ3v) is 7.16. The highest BCUT2D eigenvalue weighted by Gasteiger charge is 2.58. The molecule has 0 aromatic carbocycles. The van der Waals surface area contributed by atoms with Gasteiger partial charge in [0.15, 0.2) is 4.67 Å². The predicted molar refractivity (Wildman–Crippen MR) is 84.0 cm³/mol. The molecule has 2 bridgehead atoms. The van der Waals surface area contributed by atoms with Crippen LogP contribution in [0.5, 0.6) is 0 Å². The molecule has 4 heteroatoms. The van der Waals surface area contributed by atoms with E-state index in [1.165, 1.54) is 19.3 Å². The van der Waals surface area contributed by atoms with Crippen LogP contribution in [0.15, 0.2) is 19.6 Å². The van der Waals surface area contributed by atoms with Gasteiger partial charge >= 0.3 is 0 Å². The van der Waals surface area contributed by atoms with Gasteiger partial charge in [-0.1, -0.05) is 20.8 Å². The van der Waals surface area contributed by atoms with Crippen LogP contribution in [-0.2, 0) is 6.54 Å². The molecular formula is C15H21Br2NO. The lowest BCUT2D eigenvalue weighted by Crippen LogP contribution is -2.49. The first-order valence-corrected chi connectivity index (χ1v) is 8.58. The summed E-state index contributed by atoms with van der Waals surface area (Å²) in [7, 11) is 0. The second-order valence-corrected chi connectivity index (χ2v) is 8.64. The Morgan fingerprint density at radius 3 is 2.63 bits per heavy atom. The molecule has 0 saturated heterocycles. The largest absolute Gasteiger partial charge is 0.452 e. The third kappa shape index (κ3) is 2.24. The molecule has 1 heterocycles. The first-order chi connectivity index (χ1) is 8.83. The molecule has 2 aliphatic carbocycles. The first kappa shape index (κ1) is 14.2. The Labute approximate surface area is 132 Å². The zero-order valence-electron chi connectivity index (χ0n) is 11.7. The molecular weight excluding hydrogens is 370 g/mol. The Kier molecular flexibility index (Phi) is 3.43. The molecule has 3 rings (SSSR count). The summed E-state index contributed by atoms with van der Waals surface area (Å²) in [5.74, 6) is 1.87. The summed E-state index contributed by atoms with van der Waals surface area (Å²) in [5.41, 5.74) is 0.864. The van der Waals surface area contributed by atoms with E-state index in [-0.39, 0.29) is 0 Å². The fourth-order valence-electron chi connectivity index (χ4n) is 4.49. The van der Waals surface area contributed by atoms with Gasteiger partial charge in [0.2, 0.25) is 0 Å². The normalized spacial score (nSPS) is 36.1. The van der Waals surface area contributed by atoms with Crippen LogP contribution in [0.2, 0.25) is 0 Å². The highest BCUT2D eigenvalue weighted by Crippen LogP contribution is 2.62. The Hall–Kier alpha value is 0.200. The second-order valence-electron chi connectivity index (χ2n) is 7.06. The van der Waals surface area contributed by atoms with Crippen molar-refractivity contribution in [1.82, 2.24) is 5.32 Å². The molecule has 2 saturated carbocycles. The fourth-order valence-corrected chi connectivity index (χ4v) is 5.15. The number of furan rings is 1. The first-order valence-electron chi connectivity index (χ1n) is 7.00. The van der Waals surface area contributed by atoms with Crippen molar-refractivity contribution in [2.75, 3.05) is 0 Å². The van der Waals surface area contributed by atoms with Crippen molar-refractivity contribution >= 4 is 31.9 Å². The van der Waals surface area contributed by atoms with Gasteiger partial charge in [-0.3, -0.25) is 0 Å². The molecule has 2 aliphatic rings. The van der Waals surface area contributed by atoms with E-state index in [9.17, 15) is 0 Å². The molecule has 1 aromatic rings. The van der Waals surface area contributed by atoms with Crippen LogP contribution in [0, 0.1) is 16.7 Å². The standard InChI is InChI=1S/C15H21Br2NO/c1-14(2)9-4-5-15(3,7-9)13(14)18-8-10-6-11(16)12(17)19-10/h6,9,13,18H,4-5,7-8H2,1-3H3. The molecule has 0 aliphatic heterocycles. The van der Waals surface area contributed by atoms with Crippen molar-refractivity contribution < 1.29 is 4.42 Å². The molecule has 19 heavy (non-hydrogen) atoms. The van der Waals surface area contributed by atoms with Crippen LogP contribution in [0.1, 0.15) is 45.8 Å². The van der Waals surface area contributed by atoms with Crippen LogP contribution >= 0.6 is 31.9 Å². The van der Waals surface area contributed by atoms with Crippen molar-refractivity contribution in [2.45, 2.75) is 52.6 Å². The zero-order valence-corrected chi connectivity index (χ0v) is 14.9. The summed E-state index contributed by atoms with van der Waals surface area (Å²) < 4.78 is 7.43. The van der Waals surface area contributed by atoms with Gasteiger partial charge < -0.3 is 9.73 Å². The number of halogens is 2. The lowest BCUT2D eigenvalue weighted by atomic mass is 9.68. The quantitative estimate of drug-likeness (QED) is 0.775. The van der Waals surface area contributed by atoms with Gasteiger partial charge in [0.25, 0.3) is 0 Å². The molecule has 2 fully saturated rings. The van der Waals surface area contributed by atoms with E-state index in [0.717, 1.165) is 27.4 Å². The van der Waals surface area contributed by atoms with E-state index in [4.69, 9.17) is 4.42 Å². The Bertz CT molecular complexity index is 472. The minimum absolute atomic E-state index is 0.397. The van der Waals surface area contributed by atoms with Gasteiger partial charge in [0.1, 0.15) is 5.76 Å².